The van der Waals surface area contributed by atoms with Gasteiger partial charge >= 0.3 is 0 Å². The van der Waals surface area contributed by atoms with Gasteiger partial charge in [0.1, 0.15) is 0 Å². The van der Waals surface area contributed by atoms with Crippen LogP contribution < -0.4 is 4.90 Å². The monoisotopic (exact) mass is 330 g/mol. The highest BCUT2D eigenvalue weighted by molar-refractivity contribution is 5.78. The first-order chi connectivity index (χ1) is 11.7. The fraction of sp³-hybridized carbons (Fsp3) is 0.722. The summed E-state index contributed by atoms with van der Waals surface area (Å²) in [6, 6.07) is 0.684. The minimum absolute atomic E-state index is 0.319. The van der Waals surface area contributed by atoms with Crippen molar-refractivity contribution in [2.75, 3.05) is 31.2 Å². The summed E-state index contributed by atoms with van der Waals surface area (Å²) in [5, 5.41) is 0. The number of rotatable bonds is 3. The molecule has 0 aromatic carbocycles. The van der Waals surface area contributed by atoms with Crippen LogP contribution in [0.4, 0.5) is 5.95 Å². The molecule has 0 saturated carbocycles. The molecule has 1 aromatic heterocycles. The Hall–Kier alpha value is -1.69. The van der Waals surface area contributed by atoms with Crippen LogP contribution in [0.1, 0.15) is 37.7 Å². The van der Waals surface area contributed by atoms with E-state index in [0.29, 0.717) is 30.3 Å². The van der Waals surface area contributed by atoms with E-state index in [9.17, 15) is 4.79 Å². The van der Waals surface area contributed by atoms with E-state index >= 15 is 0 Å². The molecule has 0 radical (unpaired) electrons. The van der Waals surface area contributed by atoms with Crippen LogP contribution in [-0.2, 0) is 9.53 Å². The predicted octanol–water partition coefficient (Wildman–Crippen LogP) is 1.78. The molecule has 2 atom stereocenters. The number of carbonyl (C=O) groups excluding carboxylic acids is 1. The summed E-state index contributed by atoms with van der Waals surface area (Å²) < 4.78 is 5.46. The zero-order valence-corrected chi connectivity index (χ0v) is 14.4. The molecule has 0 aliphatic carbocycles. The first kappa shape index (κ1) is 15.8. The molecule has 1 amide bonds. The second-order valence-corrected chi connectivity index (χ2v) is 7.32. The van der Waals surface area contributed by atoms with Crippen LogP contribution in [0.3, 0.4) is 0 Å². The number of amides is 1. The molecule has 0 N–H and O–H groups in total. The molecular weight excluding hydrogens is 304 g/mol. The highest BCUT2D eigenvalue weighted by Crippen LogP contribution is 2.34. The molecule has 0 spiro atoms. The van der Waals surface area contributed by atoms with Crippen molar-refractivity contribution >= 4 is 11.9 Å². The molecule has 0 bridgehead atoms. The van der Waals surface area contributed by atoms with Crippen LogP contribution in [0.25, 0.3) is 0 Å². The minimum atomic E-state index is 0.319. The normalized spacial score (nSPS) is 28.3. The van der Waals surface area contributed by atoms with Crippen molar-refractivity contribution in [3.8, 4) is 0 Å². The highest BCUT2D eigenvalue weighted by Gasteiger charge is 2.44. The van der Waals surface area contributed by atoms with Gasteiger partial charge in [0, 0.05) is 45.1 Å². The Morgan fingerprint density at radius 3 is 2.62 bits per heavy atom. The van der Waals surface area contributed by atoms with Gasteiger partial charge in [-0.3, -0.25) is 4.79 Å². The number of piperidine rings is 1. The van der Waals surface area contributed by atoms with Crippen molar-refractivity contribution in [3.05, 3.63) is 18.0 Å². The van der Waals surface area contributed by atoms with Crippen molar-refractivity contribution in [2.24, 2.45) is 5.92 Å². The van der Waals surface area contributed by atoms with Crippen LogP contribution in [0.15, 0.2) is 12.4 Å². The second kappa shape index (κ2) is 6.67. The predicted molar refractivity (Wildman–Crippen MR) is 90.8 cm³/mol. The van der Waals surface area contributed by atoms with E-state index in [4.69, 9.17) is 4.74 Å². The average Bonchev–Trinajstić information content (AvgIpc) is 3.03. The standard InChI is InChI=1S/C18H26N4O2/c1-13-10-19-18(20-11-13)21-7-4-16-15(21)2-3-17(23)22(16)12-14-5-8-24-9-6-14/h10-11,14-16H,2-9,12H2,1H3/t15-,16-/m1/s1. The summed E-state index contributed by atoms with van der Waals surface area (Å²) in [6.45, 7) is 5.52. The topological polar surface area (TPSA) is 58.6 Å². The molecule has 4 heterocycles. The van der Waals surface area contributed by atoms with Gasteiger partial charge in [-0.15, -0.1) is 0 Å². The number of fused-ring (bicyclic) bond motifs is 1. The maximum atomic E-state index is 12.5. The summed E-state index contributed by atoms with van der Waals surface area (Å²) in [6.07, 6.45) is 8.50. The molecule has 3 aliphatic rings. The smallest absolute Gasteiger partial charge is 0.225 e. The summed E-state index contributed by atoms with van der Waals surface area (Å²) >= 11 is 0. The zero-order chi connectivity index (χ0) is 16.5. The maximum Gasteiger partial charge on any atom is 0.225 e. The summed E-state index contributed by atoms with van der Waals surface area (Å²) in [4.78, 5) is 26.0. The molecule has 4 rings (SSSR count). The van der Waals surface area contributed by atoms with Crippen molar-refractivity contribution in [2.45, 2.75) is 51.1 Å². The summed E-state index contributed by atoms with van der Waals surface area (Å²) in [5.41, 5.74) is 1.08. The Morgan fingerprint density at radius 1 is 1.12 bits per heavy atom. The number of aryl methyl sites for hydroxylation is 1. The van der Waals surface area contributed by atoms with E-state index in [1.807, 2.05) is 19.3 Å². The molecule has 1 aromatic rings. The van der Waals surface area contributed by atoms with E-state index in [-0.39, 0.29) is 0 Å². The van der Waals surface area contributed by atoms with E-state index in [1.54, 1.807) is 0 Å². The Bertz CT molecular complexity index is 585. The molecule has 0 unspecified atom stereocenters. The Kier molecular flexibility index (Phi) is 4.39. The molecule has 24 heavy (non-hydrogen) atoms. The number of nitrogens with zero attached hydrogens (tertiary/aromatic N) is 4. The van der Waals surface area contributed by atoms with Crippen molar-refractivity contribution < 1.29 is 9.53 Å². The third kappa shape index (κ3) is 2.99. The fourth-order valence-electron chi connectivity index (χ4n) is 4.38. The largest absolute Gasteiger partial charge is 0.381 e. The van der Waals surface area contributed by atoms with Crippen LogP contribution >= 0.6 is 0 Å². The third-order valence-electron chi connectivity index (χ3n) is 5.70. The van der Waals surface area contributed by atoms with Gasteiger partial charge in [-0.05, 0) is 44.1 Å². The first-order valence-electron chi connectivity index (χ1n) is 9.15. The zero-order valence-electron chi connectivity index (χ0n) is 14.4. The lowest BCUT2D eigenvalue weighted by Crippen LogP contribution is -2.54. The van der Waals surface area contributed by atoms with Gasteiger partial charge in [0.2, 0.25) is 11.9 Å². The van der Waals surface area contributed by atoms with Gasteiger partial charge < -0.3 is 14.5 Å². The van der Waals surface area contributed by atoms with Crippen LogP contribution in [0, 0.1) is 12.8 Å². The fourth-order valence-corrected chi connectivity index (χ4v) is 4.38. The van der Waals surface area contributed by atoms with Crippen LogP contribution in [0.5, 0.6) is 0 Å². The van der Waals surface area contributed by atoms with Crippen molar-refractivity contribution in [1.82, 2.24) is 14.9 Å². The van der Waals surface area contributed by atoms with Crippen molar-refractivity contribution in [1.29, 1.82) is 0 Å². The Morgan fingerprint density at radius 2 is 1.88 bits per heavy atom. The number of anilines is 1. The number of ether oxygens (including phenoxy) is 1. The average molecular weight is 330 g/mol. The van der Waals surface area contributed by atoms with Gasteiger partial charge in [-0.1, -0.05) is 0 Å². The lowest BCUT2D eigenvalue weighted by atomic mass is 9.92. The highest BCUT2D eigenvalue weighted by atomic mass is 16.5. The summed E-state index contributed by atoms with van der Waals surface area (Å²) in [5.74, 6) is 1.73. The van der Waals surface area contributed by atoms with Crippen LogP contribution in [-0.4, -0.2) is 59.2 Å². The van der Waals surface area contributed by atoms with Crippen molar-refractivity contribution in [3.63, 3.8) is 0 Å². The van der Waals surface area contributed by atoms with E-state index < -0.39 is 0 Å². The molecule has 6 heteroatoms. The third-order valence-corrected chi connectivity index (χ3v) is 5.70. The van der Waals surface area contributed by atoms with Gasteiger partial charge in [-0.2, -0.15) is 0 Å². The van der Waals surface area contributed by atoms with Gasteiger partial charge in [0.25, 0.3) is 0 Å². The lowest BCUT2D eigenvalue weighted by molar-refractivity contribution is -0.137. The molecule has 130 valence electrons. The first-order valence-corrected chi connectivity index (χ1v) is 9.15. The van der Waals surface area contributed by atoms with Gasteiger partial charge in [0.15, 0.2) is 0 Å². The summed E-state index contributed by atoms with van der Waals surface area (Å²) in [7, 11) is 0. The van der Waals surface area contributed by atoms with E-state index in [1.165, 1.54) is 0 Å². The Labute approximate surface area is 143 Å². The molecule has 3 aliphatic heterocycles. The van der Waals surface area contributed by atoms with E-state index in [0.717, 1.165) is 63.5 Å². The molecule has 3 fully saturated rings. The van der Waals surface area contributed by atoms with E-state index in [2.05, 4.69) is 19.8 Å². The van der Waals surface area contributed by atoms with Gasteiger partial charge in [0.05, 0.1) is 12.1 Å². The number of carbonyl (C=O) groups is 1. The second-order valence-electron chi connectivity index (χ2n) is 7.32. The Balaban J connectivity index is 1.49. The molecule has 3 saturated heterocycles. The lowest BCUT2D eigenvalue weighted by Gasteiger charge is -2.41. The SMILES string of the molecule is Cc1cnc(N2CC[C@@H]3[C@H]2CCC(=O)N3CC2CCOCC2)nc1. The number of likely N-dealkylation sites (tertiary alicyclic amines) is 1. The number of aromatic nitrogens is 2. The molecule has 6 nitrogen and oxygen atoms in total. The maximum absolute atomic E-state index is 12.5. The quantitative estimate of drug-likeness (QED) is 0.845. The molecular formula is C18H26N4O2. The minimum Gasteiger partial charge on any atom is -0.381 e. The number of hydrogen-bond acceptors (Lipinski definition) is 5. The number of hydrogen-bond donors (Lipinski definition) is 0. The van der Waals surface area contributed by atoms with Crippen LogP contribution in [0.2, 0.25) is 0 Å². The van der Waals surface area contributed by atoms with Gasteiger partial charge in [-0.25, -0.2) is 9.97 Å².